The summed E-state index contributed by atoms with van der Waals surface area (Å²) in [4.78, 5) is 6.58. The fourth-order valence-electron chi connectivity index (χ4n) is 1.84. The first-order valence-corrected chi connectivity index (χ1v) is 8.84. The van der Waals surface area contributed by atoms with Crippen LogP contribution in [0.1, 0.15) is 10.3 Å². The summed E-state index contributed by atoms with van der Waals surface area (Å²) in [6.07, 6.45) is 3.27. The molecule has 0 saturated heterocycles. The van der Waals surface area contributed by atoms with Crippen LogP contribution in [0, 0.1) is 11.3 Å². The molecule has 108 valence electrons. The van der Waals surface area contributed by atoms with Crippen LogP contribution >= 0.6 is 23.2 Å². The average molecular weight is 394 g/mol. The van der Waals surface area contributed by atoms with Gasteiger partial charge in [-0.1, -0.05) is 0 Å². The summed E-state index contributed by atoms with van der Waals surface area (Å²) in [6.45, 7) is 0. The standard InChI is InChI=1S/C16H8Cl2N2OSe/c17-13-4-3-10(7-14(13)18)15-9-22-16(20-15)11(8-19)6-12-2-1-5-21-12/h1-7,9H/b11-6+. The van der Waals surface area contributed by atoms with Crippen molar-refractivity contribution < 1.29 is 4.42 Å². The summed E-state index contributed by atoms with van der Waals surface area (Å²) >= 11 is 12.0. The number of hydrogen-bond donors (Lipinski definition) is 0. The molecule has 0 unspecified atom stereocenters. The molecule has 6 heteroatoms. The van der Waals surface area contributed by atoms with Gasteiger partial charge in [0, 0.05) is 0 Å². The molecule has 0 bridgehead atoms. The normalized spacial score (nSPS) is 11.4. The van der Waals surface area contributed by atoms with E-state index in [1.807, 2.05) is 11.0 Å². The number of allylic oxidation sites excluding steroid dienone is 1. The Hall–Kier alpha value is -1.76. The molecule has 22 heavy (non-hydrogen) atoms. The van der Waals surface area contributed by atoms with Crippen LogP contribution in [0.5, 0.6) is 0 Å². The summed E-state index contributed by atoms with van der Waals surface area (Å²) in [5, 5.41) is 10.3. The molecule has 0 amide bonds. The van der Waals surface area contributed by atoms with Gasteiger partial charge in [-0.25, -0.2) is 0 Å². The van der Waals surface area contributed by atoms with Gasteiger partial charge in [0.2, 0.25) is 0 Å². The molecule has 0 aliphatic rings. The number of hydrogen-bond acceptors (Lipinski definition) is 3. The Morgan fingerprint density at radius 1 is 1.27 bits per heavy atom. The predicted molar refractivity (Wildman–Crippen MR) is 88.8 cm³/mol. The van der Waals surface area contributed by atoms with Crippen LogP contribution in [-0.2, 0) is 0 Å². The first-order valence-electron chi connectivity index (χ1n) is 6.24. The Bertz CT molecular complexity index is 876. The summed E-state index contributed by atoms with van der Waals surface area (Å²) in [6, 6.07) is 11.1. The minimum absolute atomic E-state index is 0.00436. The fourth-order valence-corrected chi connectivity index (χ4v) is 3.81. The monoisotopic (exact) mass is 394 g/mol. The molecule has 0 saturated carbocycles. The van der Waals surface area contributed by atoms with Crippen molar-refractivity contribution in [2.75, 3.05) is 0 Å². The Kier molecular flexibility index (Phi) is 4.52. The van der Waals surface area contributed by atoms with Crippen molar-refractivity contribution >= 4 is 49.4 Å². The first-order chi connectivity index (χ1) is 10.7. The Labute approximate surface area is 143 Å². The quantitative estimate of drug-likeness (QED) is 0.475. The first kappa shape index (κ1) is 15.1. The van der Waals surface area contributed by atoms with E-state index in [4.69, 9.17) is 27.6 Å². The molecule has 2 heterocycles. The van der Waals surface area contributed by atoms with E-state index in [1.54, 1.807) is 36.6 Å². The zero-order valence-electron chi connectivity index (χ0n) is 11.1. The van der Waals surface area contributed by atoms with E-state index in [-0.39, 0.29) is 14.5 Å². The molecule has 0 aliphatic carbocycles. The number of aromatic nitrogens is 1. The van der Waals surface area contributed by atoms with Gasteiger partial charge in [-0.3, -0.25) is 0 Å². The molecule has 1 aromatic carbocycles. The third-order valence-corrected chi connectivity index (χ3v) is 5.48. The molecule has 3 nitrogen and oxygen atoms in total. The van der Waals surface area contributed by atoms with E-state index >= 15 is 0 Å². The van der Waals surface area contributed by atoms with Crippen LogP contribution in [0.2, 0.25) is 10.0 Å². The number of rotatable bonds is 3. The van der Waals surface area contributed by atoms with Crippen LogP contribution in [0.4, 0.5) is 0 Å². The van der Waals surface area contributed by atoms with Crippen molar-refractivity contribution in [2.45, 2.75) is 0 Å². The molecule has 0 radical (unpaired) electrons. The van der Waals surface area contributed by atoms with E-state index in [9.17, 15) is 5.26 Å². The summed E-state index contributed by atoms with van der Waals surface area (Å²) in [5.74, 6) is 0.637. The third kappa shape index (κ3) is 3.19. The molecular formula is C16H8Cl2N2OSe. The van der Waals surface area contributed by atoms with Gasteiger partial charge in [0.1, 0.15) is 0 Å². The Morgan fingerprint density at radius 2 is 2.14 bits per heavy atom. The maximum absolute atomic E-state index is 9.33. The van der Waals surface area contributed by atoms with Crippen LogP contribution < -0.4 is 0 Å². The topological polar surface area (TPSA) is 49.8 Å². The van der Waals surface area contributed by atoms with Crippen molar-refractivity contribution in [3.8, 4) is 17.3 Å². The Morgan fingerprint density at radius 3 is 2.82 bits per heavy atom. The fraction of sp³-hybridized carbons (Fsp3) is 0. The van der Waals surface area contributed by atoms with E-state index < -0.39 is 0 Å². The van der Waals surface area contributed by atoms with E-state index in [2.05, 4.69) is 11.1 Å². The van der Waals surface area contributed by atoms with Gasteiger partial charge in [-0.2, -0.15) is 0 Å². The second-order valence-electron chi connectivity index (χ2n) is 4.35. The minimum atomic E-state index is -0.00436. The van der Waals surface area contributed by atoms with Gasteiger partial charge in [-0.05, 0) is 0 Å². The van der Waals surface area contributed by atoms with E-state index in [0.29, 0.717) is 21.4 Å². The van der Waals surface area contributed by atoms with Crippen molar-refractivity contribution in [2.24, 2.45) is 0 Å². The second-order valence-corrected chi connectivity index (χ2v) is 6.97. The number of nitriles is 1. The van der Waals surface area contributed by atoms with Gasteiger partial charge in [0.15, 0.2) is 0 Å². The molecule has 2 aromatic heterocycles. The second kappa shape index (κ2) is 6.56. The summed E-state index contributed by atoms with van der Waals surface area (Å²) < 4.78 is 6.01. The van der Waals surface area contributed by atoms with Crippen molar-refractivity contribution in [1.82, 2.24) is 4.98 Å². The molecular weight excluding hydrogens is 386 g/mol. The molecule has 0 atom stereocenters. The SMILES string of the molecule is N#C/C(=C\c1ccco1)c1nc(-c2ccc(Cl)c(Cl)c2)c[se]1. The number of nitrogens with zero attached hydrogens (tertiary/aromatic N) is 2. The van der Waals surface area contributed by atoms with Gasteiger partial charge in [0.05, 0.1) is 0 Å². The van der Waals surface area contributed by atoms with Crippen molar-refractivity contribution in [3.63, 3.8) is 0 Å². The molecule has 0 spiro atoms. The third-order valence-electron chi connectivity index (χ3n) is 2.90. The zero-order valence-corrected chi connectivity index (χ0v) is 14.3. The summed E-state index contributed by atoms with van der Waals surface area (Å²) in [5.41, 5.74) is 2.22. The molecule has 0 aliphatic heterocycles. The number of furan rings is 1. The van der Waals surface area contributed by atoms with E-state index in [1.165, 1.54) is 0 Å². The van der Waals surface area contributed by atoms with Gasteiger partial charge >= 0.3 is 143 Å². The number of halogens is 2. The zero-order chi connectivity index (χ0) is 15.5. The number of benzene rings is 1. The van der Waals surface area contributed by atoms with E-state index in [0.717, 1.165) is 15.8 Å². The molecule has 0 N–H and O–H groups in total. The van der Waals surface area contributed by atoms with Crippen LogP contribution in [0.15, 0.2) is 46.0 Å². The molecule has 3 aromatic rings. The predicted octanol–water partition coefficient (Wildman–Crippen LogP) is 4.77. The average Bonchev–Trinajstić information content (AvgIpc) is 3.18. The van der Waals surface area contributed by atoms with Crippen molar-refractivity contribution in [3.05, 3.63) is 61.9 Å². The van der Waals surface area contributed by atoms with Gasteiger partial charge in [0.25, 0.3) is 0 Å². The molecule has 3 rings (SSSR count). The van der Waals surface area contributed by atoms with Gasteiger partial charge < -0.3 is 0 Å². The van der Waals surface area contributed by atoms with Crippen LogP contribution in [-0.4, -0.2) is 19.5 Å². The maximum atomic E-state index is 9.33. The molecule has 0 fully saturated rings. The van der Waals surface area contributed by atoms with Crippen LogP contribution in [0.25, 0.3) is 22.9 Å². The van der Waals surface area contributed by atoms with Crippen LogP contribution in [0.3, 0.4) is 0 Å². The summed E-state index contributed by atoms with van der Waals surface area (Å²) in [7, 11) is 0. The van der Waals surface area contributed by atoms with Gasteiger partial charge in [-0.15, -0.1) is 0 Å². The Balaban J connectivity index is 1.96. The van der Waals surface area contributed by atoms with Crippen molar-refractivity contribution in [1.29, 1.82) is 5.26 Å².